The molecule has 0 heterocycles. The minimum Gasteiger partial charge on any atom is -0.123 e. The molecule has 0 atom stereocenters. The van der Waals surface area contributed by atoms with E-state index in [0.717, 1.165) is 23.5 Å². The van der Waals surface area contributed by atoms with Gasteiger partial charge in [-0.05, 0) is 12.8 Å². The van der Waals surface area contributed by atoms with Crippen LogP contribution in [0.25, 0.3) is 0 Å². The Labute approximate surface area is 72.2 Å². The Kier molecular flexibility index (Phi) is 7.37. The molecule has 0 radical (unpaired) electrons. The molecule has 0 rings (SSSR count). The van der Waals surface area contributed by atoms with Crippen LogP contribution >= 0.6 is 43.5 Å². The Balaban J connectivity index is 2.92. The number of alkyl halides is 3. The second-order valence-corrected chi connectivity index (χ2v) is 3.76. The van der Waals surface area contributed by atoms with E-state index in [-0.39, 0.29) is 0 Å². The van der Waals surface area contributed by atoms with Crippen LogP contribution in [-0.4, -0.2) is 16.0 Å². The van der Waals surface area contributed by atoms with E-state index in [1.54, 1.807) is 0 Å². The third-order valence-electron chi connectivity index (χ3n) is 0.845. The van der Waals surface area contributed by atoms with E-state index in [1.807, 2.05) is 0 Å². The molecule has 0 N–H and O–H groups in total. The number of hydrogen-bond donors (Lipinski definition) is 0. The molecule has 0 aliphatic heterocycles. The molecule has 0 spiro atoms. The number of rotatable bonds is 4. The molecule has 0 aromatic carbocycles. The van der Waals surface area contributed by atoms with E-state index >= 15 is 0 Å². The highest BCUT2D eigenvalue weighted by atomic mass is 79.9. The lowest BCUT2D eigenvalue weighted by Gasteiger charge is -2.01. The van der Waals surface area contributed by atoms with Crippen molar-refractivity contribution in [3.8, 4) is 0 Å². The lowest BCUT2D eigenvalue weighted by atomic mass is 10.3. The second kappa shape index (κ2) is 6.37. The first-order valence-electron chi connectivity index (χ1n) is 2.57. The summed E-state index contributed by atoms with van der Waals surface area (Å²) in [6.07, 6.45) is 2.13. The highest BCUT2D eigenvalue weighted by molar-refractivity contribution is 9.09. The molecule has 8 heavy (non-hydrogen) atoms. The third-order valence-corrected chi connectivity index (χ3v) is 2.20. The van der Waals surface area contributed by atoms with Gasteiger partial charge < -0.3 is 0 Å². The largest absolute Gasteiger partial charge is 0.123 e. The first kappa shape index (κ1) is 9.25. The van der Waals surface area contributed by atoms with Crippen LogP contribution in [0.4, 0.5) is 0 Å². The highest BCUT2D eigenvalue weighted by Crippen LogP contribution is 2.09. The van der Waals surface area contributed by atoms with Gasteiger partial charge in [-0.25, -0.2) is 0 Å². The Morgan fingerprint density at radius 3 is 1.75 bits per heavy atom. The normalized spacial score (nSPS) is 10.5. The summed E-state index contributed by atoms with van der Waals surface area (Å²) in [5.74, 6) is 0. The second-order valence-electron chi connectivity index (χ2n) is 1.55. The summed E-state index contributed by atoms with van der Waals surface area (Å²) < 4.78 is 0. The molecule has 0 aliphatic carbocycles. The predicted molar refractivity (Wildman–Crippen MR) is 46.5 cm³/mol. The van der Waals surface area contributed by atoms with Crippen molar-refractivity contribution < 1.29 is 0 Å². The maximum absolute atomic E-state index is 5.82. The van der Waals surface area contributed by atoms with Crippen LogP contribution in [0.1, 0.15) is 12.8 Å². The van der Waals surface area contributed by atoms with Gasteiger partial charge in [0.05, 0.1) is 0 Å². The van der Waals surface area contributed by atoms with Crippen molar-refractivity contribution in [3.05, 3.63) is 0 Å². The smallest absolute Gasteiger partial charge is 0.0352 e. The van der Waals surface area contributed by atoms with Crippen molar-refractivity contribution in [1.82, 2.24) is 0 Å². The van der Waals surface area contributed by atoms with Gasteiger partial charge in [0.2, 0.25) is 0 Å². The van der Waals surface area contributed by atoms with Crippen molar-refractivity contribution in [1.29, 1.82) is 0 Å². The SMILES string of the molecule is ClC(CCBr)CCBr. The van der Waals surface area contributed by atoms with Crippen molar-refractivity contribution >= 4 is 43.5 Å². The Morgan fingerprint density at radius 2 is 1.50 bits per heavy atom. The summed E-state index contributed by atoms with van der Waals surface area (Å²) in [5, 5.41) is 2.36. The zero-order chi connectivity index (χ0) is 6.41. The quantitative estimate of drug-likeness (QED) is 0.684. The summed E-state index contributed by atoms with van der Waals surface area (Å²) in [5.41, 5.74) is 0. The van der Waals surface area contributed by atoms with Crippen LogP contribution in [0.15, 0.2) is 0 Å². The third kappa shape index (κ3) is 5.39. The highest BCUT2D eigenvalue weighted by Gasteiger charge is 1.99. The van der Waals surface area contributed by atoms with Crippen LogP contribution in [-0.2, 0) is 0 Å². The maximum atomic E-state index is 5.82. The van der Waals surface area contributed by atoms with Crippen molar-refractivity contribution in [2.75, 3.05) is 10.7 Å². The fourth-order valence-electron chi connectivity index (χ4n) is 0.381. The molecule has 0 fully saturated rings. The Morgan fingerprint density at radius 1 is 1.12 bits per heavy atom. The molecule has 0 saturated heterocycles. The average Bonchev–Trinajstić information content (AvgIpc) is 1.68. The lowest BCUT2D eigenvalue weighted by Crippen LogP contribution is -1.98. The molecular weight excluding hydrogens is 255 g/mol. The summed E-state index contributed by atoms with van der Waals surface area (Å²) >= 11 is 12.5. The molecule has 0 saturated carbocycles. The van der Waals surface area contributed by atoms with Gasteiger partial charge in [0, 0.05) is 16.0 Å². The Bertz CT molecular complexity index is 43.7. The first-order valence-corrected chi connectivity index (χ1v) is 5.25. The van der Waals surface area contributed by atoms with E-state index < -0.39 is 0 Å². The van der Waals surface area contributed by atoms with E-state index in [1.165, 1.54) is 0 Å². The topological polar surface area (TPSA) is 0 Å². The monoisotopic (exact) mass is 262 g/mol. The van der Waals surface area contributed by atoms with Gasteiger partial charge in [0.1, 0.15) is 0 Å². The number of hydrogen-bond acceptors (Lipinski definition) is 0. The van der Waals surface area contributed by atoms with Gasteiger partial charge in [0.25, 0.3) is 0 Å². The molecular formula is C5H9Br2Cl. The van der Waals surface area contributed by atoms with Gasteiger partial charge in [-0.3, -0.25) is 0 Å². The molecule has 0 amide bonds. The predicted octanol–water partition coefficient (Wildman–Crippen LogP) is 3.16. The lowest BCUT2D eigenvalue weighted by molar-refractivity contribution is 0.802. The molecule has 0 unspecified atom stereocenters. The van der Waals surface area contributed by atoms with E-state index in [0.29, 0.717) is 5.38 Å². The molecule has 0 aliphatic rings. The molecule has 0 aromatic heterocycles. The van der Waals surface area contributed by atoms with Crippen LogP contribution < -0.4 is 0 Å². The molecule has 3 heteroatoms. The van der Waals surface area contributed by atoms with E-state index in [2.05, 4.69) is 31.9 Å². The summed E-state index contributed by atoms with van der Waals surface area (Å²) in [4.78, 5) is 0. The van der Waals surface area contributed by atoms with E-state index in [4.69, 9.17) is 11.6 Å². The van der Waals surface area contributed by atoms with Gasteiger partial charge >= 0.3 is 0 Å². The van der Waals surface area contributed by atoms with Crippen LogP contribution in [0.2, 0.25) is 0 Å². The van der Waals surface area contributed by atoms with Crippen LogP contribution in [0.5, 0.6) is 0 Å². The summed E-state index contributed by atoms with van der Waals surface area (Å²) in [6.45, 7) is 0. The summed E-state index contributed by atoms with van der Waals surface area (Å²) in [7, 11) is 0. The van der Waals surface area contributed by atoms with Crippen LogP contribution in [0, 0.1) is 0 Å². The standard InChI is InChI=1S/C5H9Br2Cl/c6-3-1-5(8)2-4-7/h5H,1-4H2. The Hall–Kier alpha value is 1.25. The van der Waals surface area contributed by atoms with E-state index in [9.17, 15) is 0 Å². The molecule has 0 nitrogen and oxygen atoms in total. The van der Waals surface area contributed by atoms with Gasteiger partial charge in [-0.1, -0.05) is 31.9 Å². The molecule has 50 valence electrons. The zero-order valence-electron chi connectivity index (χ0n) is 4.54. The maximum Gasteiger partial charge on any atom is 0.0352 e. The van der Waals surface area contributed by atoms with Gasteiger partial charge in [-0.15, -0.1) is 11.6 Å². The molecule has 0 bridgehead atoms. The molecule has 0 aromatic rings. The van der Waals surface area contributed by atoms with Crippen molar-refractivity contribution in [3.63, 3.8) is 0 Å². The van der Waals surface area contributed by atoms with Crippen molar-refractivity contribution in [2.45, 2.75) is 18.2 Å². The minimum atomic E-state index is 0.341. The fourth-order valence-corrected chi connectivity index (χ4v) is 2.23. The summed E-state index contributed by atoms with van der Waals surface area (Å²) in [6, 6.07) is 0. The van der Waals surface area contributed by atoms with Crippen LogP contribution in [0.3, 0.4) is 0 Å². The zero-order valence-corrected chi connectivity index (χ0v) is 8.47. The number of halogens is 3. The van der Waals surface area contributed by atoms with Gasteiger partial charge in [0.15, 0.2) is 0 Å². The minimum absolute atomic E-state index is 0.341. The van der Waals surface area contributed by atoms with Gasteiger partial charge in [-0.2, -0.15) is 0 Å². The van der Waals surface area contributed by atoms with Crippen molar-refractivity contribution in [2.24, 2.45) is 0 Å². The average molecular weight is 264 g/mol. The first-order chi connectivity index (χ1) is 3.81. The fraction of sp³-hybridized carbons (Fsp3) is 1.00.